The Hall–Kier alpha value is -0.970. The van der Waals surface area contributed by atoms with Crippen molar-refractivity contribution in [2.45, 2.75) is 19.4 Å². The zero-order valence-corrected chi connectivity index (χ0v) is 13.8. The lowest BCUT2D eigenvalue weighted by Gasteiger charge is -2.19. The quantitative estimate of drug-likeness (QED) is 0.751. The fourth-order valence-electron chi connectivity index (χ4n) is 2.23. The van der Waals surface area contributed by atoms with Gasteiger partial charge in [-0.3, -0.25) is 0 Å². The lowest BCUT2D eigenvalue weighted by Crippen LogP contribution is -2.23. The maximum absolute atomic E-state index is 13.6. The molecule has 0 bridgehead atoms. The van der Waals surface area contributed by atoms with Crippen LogP contribution >= 0.6 is 27.5 Å². The normalized spacial score (nSPS) is 12.4. The molecular weight excluding hydrogens is 360 g/mol. The van der Waals surface area contributed by atoms with Crippen LogP contribution in [0.25, 0.3) is 0 Å². The van der Waals surface area contributed by atoms with Gasteiger partial charge >= 0.3 is 0 Å². The second kappa shape index (κ2) is 7.34. The van der Waals surface area contributed by atoms with Crippen LogP contribution in [0.4, 0.5) is 8.78 Å². The molecule has 1 atom stereocenters. The molecule has 0 aliphatic carbocycles. The van der Waals surface area contributed by atoms with Crippen LogP contribution in [-0.2, 0) is 6.42 Å². The molecule has 5 heteroatoms. The van der Waals surface area contributed by atoms with Crippen molar-refractivity contribution in [1.29, 1.82) is 0 Å². The first-order valence-electron chi connectivity index (χ1n) is 6.63. The Morgan fingerprint density at radius 2 is 1.95 bits per heavy atom. The van der Waals surface area contributed by atoms with Gasteiger partial charge in [-0.05, 0) is 54.4 Å². The van der Waals surface area contributed by atoms with Crippen molar-refractivity contribution in [1.82, 2.24) is 5.32 Å². The average Bonchev–Trinajstić information content (AvgIpc) is 2.41. The molecule has 2 rings (SSSR count). The first-order valence-corrected chi connectivity index (χ1v) is 7.80. The molecule has 2 aromatic rings. The predicted molar refractivity (Wildman–Crippen MR) is 85.6 cm³/mol. The summed E-state index contributed by atoms with van der Waals surface area (Å²) in [5, 5.41) is 3.41. The first kappa shape index (κ1) is 16.4. The van der Waals surface area contributed by atoms with Crippen LogP contribution in [0.15, 0.2) is 40.9 Å². The SMILES string of the molecule is CCNC(Cc1ccc(F)c(Cl)c1)c1cc(F)cc(Br)c1. The van der Waals surface area contributed by atoms with Gasteiger partial charge in [0.2, 0.25) is 0 Å². The molecule has 1 nitrogen and oxygen atoms in total. The van der Waals surface area contributed by atoms with Gasteiger partial charge in [-0.25, -0.2) is 8.78 Å². The summed E-state index contributed by atoms with van der Waals surface area (Å²) < 4.78 is 27.5. The van der Waals surface area contributed by atoms with Crippen LogP contribution in [0.5, 0.6) is 0 Å². The van der Waals surface area contributed by atoms with E-state index in [9.17, 15) is 8.78 Å². The molecule has 0 heterocycles. The van der Waals surface area contributed by atoms with E-state index in [4.69, 9.17) is 11.6 Å². The third-order valence-corrected chi connectivity index (χ3v) is 3.91. The van der Waals surface area contributed by atoms with Gasteiger partial charge in [-0.1, -0.05) is 40.5 Å². The summed E-state index contributed by atoms with van der Waals surface area (Å²) in [6.07, 6.45) is 0.601. The Morgan fingerprint density at radius 3 is 2.57 bits per heavy atom. The number of rotatable bonds is 5. The summed E-state index contributed by atoms with van der Waals surface area (Å²) in [5.74, 6) is -0.728. The van der Waals surface area contributed by atoms with Crippen molar-refractivity contribution < 1.29 is 8.78 Å². The van der Waals surface area contributed by atoms with E-state index >= 15 is 0 Å². The highest BCUT2D eigenvalue weighted by molar-refractivity contribution is 9.10. The number of benzene rings is 2. The van der Waals surface area contributed by atoms with Gasteiger partial charge < -0.3 is 5.32 Å². The lowest BCUT2D eigenvalue weighted by atomic mass is 9.98. The molecule has 21 heavy (non-hydrogen) atoms. The zero-order chi connectivity index (χ0) is 15.4. The molecule has 1 N–H and O–H groups in total. The summed E-state index contributed by atoms with van der Waals surface area (Å²) in [5.41, 5.74) is 1.73. The van der Waals surface area contributed by atoms with Crippen molar-refractivity contribution in [2.24, 2.45) is 0 Å². The molecule has 0 amide bonds. The highest BCUT2D eigenvalue weighted by Gasteiger charge is 2.14. The Morgan fingerprint density at radius 1 is 1.19 bits per heavy atom. The molecule has 0 aliphatic rings. The Balaban J connectivity index is 2.27. The number of hydrogen-bond donors (Lipinski definition) is 1. The highest BCUT2D eigenvalue weighted by Crippen LogP contribution is 2.25. The molecule has 0 fully saturated rings. The van der Waals surface area contributed by atoms with E-state index in [1.165, 1.54) is 18.2 Å². The minimum atomic E-state index is -0.436. The maximum atomic E-state index is 13.6. The summed E-state index contributed by atoms with van der Waals surface area (Å²) in [6.45, 7) is 2.73. The third-order valence-electron chi connectivity index (χ3n) is 3.16. The predicted octanol–water partition coefficient (Wildman–Crippen LogP) is 5.27. The fraction of sp³-hybridized carbons (Fsp3) is 0.250. The topological polar surface area (TPSA) is 12.0 Å². The minimum Gasteiger partial charge on any atom is -0.310 e. The second-order valence-corrected chi connectivity index (χ2v) is 6.09. The Labute approximate surface area is 136 Å². The zero-order valence-electron chi connectivity index (χ0n) is 11.5. The van der Waals surface area contributed by atoms with Gasteiger partial charge in [0.1, 0.15) is 11.6 Å². The van der Waals surface area contributed by atoms with Crippen LogP contribution < -0.4 is 5.32 Å². The van der Waals surface area contributed by atoms with E-state index < -0.39 is 5.82 Å². The molecule has 0 radical (unpaired) electrons. The summed E-state index contributed by atoms with van der Waals surface area (Å²) in [4.78, 5) is 0. The van der Waals surface area contributed by atoms with Crippen molar-refractivity contribution >= 4 is 27.5 Å². The van der Waals surface area contributed by atoms with Crippen LogP contribution in [0, 0.1) is 11.6 Å². The van der Waals surface area contributed by atoms with Gasteiger partial charge in [0.25, 0.3) is 0 Å². The molecule has 112 valence electrons. The lowest BCUT2D eigenvalue weighted by molar-refractivity contribution is 0.541. The molecule has 0 saturated heterocycles. The van der Waals surface area contributed by atoms with E-state index in [-0.39, 0.29) is 16.9 Å². The van der Waals surface area contributed by atoms with Crippen LogP contribution in [-0.4, -0.2) is 6.54 Å². The van der Waals surface area contributed by atoms with E-state index in [1.54, 1.807) is 12.1 Å². The van der Waals surface area contributed by atoms with Crippen LogP contribution in [0.3, 0.4) is 0 Å². The maximum Gasteiger partial charge on any atom is 0.141 e. The molecule has 1 unspecified atom stereocenters. The van der Waals surface area contributed by atoms with Gasteiger partial charge in [0.15, 0.2) is 0 Å². The first-order chi connectivity index (χ1) is 9.99. The molecule has 0 spiro atoms. The van der Waals surface area contributed by atoms with Crippen molar-refractivity contribution in [3.8, 4) is 0 Å². The molecule has 0 saturated carbocycles. The Kier molecular flexibility index (Phi) is 5.73. The molecule has 0 aliphatic heterocycles. The minimum absolute atomic E-state index is 0.0662. The van der Waals surface area contributed by atoms with Gasteiger partial charge in [0.05, 0.1) is 5.02 Å². The van der Waals surface area contributed by atoms with Crippen LogP contribution in [0.2, 0.25) is 5.02 Å². The molecule has 0 aromatic heterocycles. The average molecular weight is 375 g/mol. The van der Waals surface area contributed by atoms with E-state index in [0.29, 0.717) is 10.9 Å². The van der Waals surface area contributed by atoms with E-state index in [1.807, 2.05) is 13.0 Å². The monoisotopic (exact) mass is 373 g/mol. The number of hydrogen-bond acceptors (Lipinski definition) is 1. The smallest absolute Gasteiger partial charge is 0.141 e. The van der Waals surface area contributed by atoms with E-state index in [2.05, 4.69) is 21.2 Å². The standard InChI is InChI=1S/C16H15BrClF2N/c1-2-21-16(11-7-12(17)9-13(19)8-11)6-10-3-4-15(20)14(18)5-10/h3-5,7-9,16,21H,2,6H2,1H3. The van der Waals surface area contributed by atoms with Gasteiger partial charge in [-0.15, -0.1) is 0 Å². The van der Waals surface area contributed by atoms with Gasteiger partial charge in [-0.2, -0.15) is 0 Å². The summed E-state index contributed by atoms with van der Waals surface area (Å²) in [6, 6.07) is 9.38. The van der Waals surface area contributed by atoms with Crippen molar-refractivity contribution in [3.05, 3.63) is 68.7 Å². The number of likely N-dealkylation sites (N-methyl/N-ethyl adjacent to an activating group) is 1. The molecule has 2 aromatic carbocycles. The van der Waals surface area contributed by atoms with E-state index in [0.717, 1.165) is 17.7 Å². The fourth-order valence-corrected chi connectivity index (χ4v) is 2.92. The number of halogens is 4. The van der Waals surface area contributed by atoms with Gasteiger partial charge in [0, 0.05) is 10.5 Å². The largest absolute Gasteiger partial charge is 0.310 e. The molecular formula is C16H15BrClF2N. The third kappa shape index (κ3) is 4.50. The summed E-state index contributed by atoms with van der Waals surface area (Å²) >= 11 is 9.11. The summed E-state index contributed by atoms with van der Waals surface area (Å²) in [7, 11) is 0. The van der Waals surface area contributed by atoms with Crippen molar-refractivity contribution in [2.75, 3.05) is 6.54 Å². The Bertz CT molecular complexity index is 613. The van der Waals surface area contributed by atoms with Crippen molar-refractivity contribution in [3.63, 3.8) is 0 Å². The van der Waals surface area contributed by atoms with Crippen LogP contribution in [0.1, 0.15) is 24.1 Å². The number of nitrogens with one attached hydrogen (secondary N) is 1. The second-order valence-electron chi connectivity index (χ2n) is 4.77. The highest BCUT2D eigenvalue weighted by atomic mass is 79.9.